The van der Waals surface area contributed by atoms with E-state index < -0.39 is 0 Å². The number of hydrogen-bond acceptors (Lipinski definition) is 2. The maximum atomic E-state index is 5.20. The van der Waals surface area contributed by atoms with Crippen LogP contribution in [-0.4, -0.2) is 13.2 Å². The molecule has 0 bridgehead atoms. The van der Waals surface area contributed by atoms with Crippen LogP contribution in [0.25, 0.3) is 0 Å². The first-order valence-corrected chi connectivity index (χ1v) is 5.19. The van der Waals surface area contributed by atoms with E-state index in [0.717, 1.165) is 11.8 Å². The van der Waals surface area contributed by atoms with E-state index in [4.69, 9.17) is 4.74 Å². The fourth-order valence-corrected chi connectivity index (χ4v) is 1.61. The maximum Gasteiger partial charge on any atom is 0.119 e. The van der Waals surface area contributed by atoms with Gasteiger partial charge in [-0.15, -0.1) is 0 Å². The minimum atomic E-state index is 0.428. The zero-order valence-electron chi connectivity index (χ0n) is 8.79. The Morgan fingerprint density at radius 3 is 2.86 bits per heavy atom. The lowest BCUT2D eigenvalue weighted by Gasteiger charge is -2.14. The van der Waals surface area contributed by atoms with Crippen LogP contribution < -0.4 is 10.1 Å². The molecule has 0 spiro atoms. The number of ether oxygens (including phenoxy) is 1. The zero-order valence-corrected chi connectivity index (χ0v) is 8.79. The van der Waals surface area contributed by atoms with Crippen molar-refractivity contribution in [1.82, 2.24) is 5.32 Å². The van der Waals surface area contributed by atoms with Gasteiger partial charge >= 0.3 is 0 Å². The number of methoxy groups -OCH3 is 1. The molecule has 1 unspecified atom stereocenters. The van der Waals surface area contributed by atoms with Gasteiger partial charge in [0.2, 0.25) is 0 Å². The summed E-state index contributed by atoms with van der Waals surface area (Å²) in [5.74, 6) is 0.937. The van der Waals surface area contributed by atoms with Gasteiger partial charge in [0.05, 0.1) is 7.11 Å². The molecule has 1 aliphatic rings. The van der Waals surface area contributed by atoms with E-state index in [-0.39, 0.29) is 0 Å². The molecule has 1 N–H and O–H groups in total. The first-order chi connectivity index (χ1) is 6.79. The van der Waals surface area contributed by atoms with Gasteiger partial charge in [-0.2, -0.15) is 0 Å². The lowest BCUT2D eigenvalue weighted by Crippen LogP contribution is -2.20. The summed E-state index contributed by atoms with van der Waals surface area (Å²) in [6, 6.07) is 9.43. The molecule has 0 aliphatic heterocycles. The Kier molecular flexibility index (Phi) is 2.73. The smallest absolute Gasteiger partial charge is 0.119 e. The highest BCUT2D eigenvalue weighted by atomic mass is 16.5. The predicted molar refractivity (Wildman–Crippen MR) is 57.6 cm³/mol. The van der Waals surface area contributed by atoms with Crippen molar-refractivity contribution in [3.63, 3.8) is 0 Å². The van der Waals surface area contributed by atoms with Gasteiger partial charge < -0.3 is 10.1 Å². The van der Waals surface area contributed by atoms with E-state index in [1.54, 1.807) is 7.11 Å². The van der Waals surface area contributed by atoms with Crippen LogP contribution in [0.4, 0.5) is 0 Å². The molecule has 2 rings (SSSR count). The molecule has 1 aromatic rings. The molecule has 0 amide bonds. The lowest BCUT2D eigenvalue weighted by molar-refractivity contribution is 0.413. The minimum absolute atomic E-state index is 0.428. The van der Waals surface area contributed by atoms with Crippen molar-refractivity contribution in [3.05, 3.63) is 29.8 Å². The summed E-state index contributed by atoms with van der Waals surface area (Å²) in [6.45, 7) is 2.20. The second-order valence-electron chi connectivity index (χ2n) is 3.94. The Bertz CT molecular complexity index is 307. The molecule has 1 aliphatic carbocycles. The molecule has 2 nitrogen and oxygen atoms in total. The Labute approximate surface area is 85.3 Å². The molecule has 0 heterocycles. The van der Waals surface area contributed by atoms with Crippen LogP contribution in [0.2, 0.25) is 0 Å². The Morgan fingerprint density at radius 1 is 1.43 bits per heavy atom. The monoisotopic (exact) mass is 191 g/mol. The molecule has 0 saturated heterocycles. The van der Waals surface area contributed by atoms with Crippen molar-refractivity contribution < 1.29 is 4.74 Å². The quantitative estimate of drug-likeness (QED) is 0.789. The molecule has 14 heavy (non-hydrogen) atoms. The topological polar surface area (TPSA) is 21.3 Å². The van der Waals surface area contributed by atoms with Crippen molar-refractivity contribution in [1.29, 1.82) is 0 Å². The molecule has 1 atom stereocenters. The fourth-order valence-electron chi connectivity index (χ4n) is 1.61. The molecule has 76 valence electrons. The molecule has 0 aromatic heterocycles. The largest absolute Gasteiger partial charge is 0.497 e. The standard InChI is InChI=1S/C12H17NO/c1-9(13-11-6-7-11)10-4-3-5-12(8-10)14-2/h3-5,8-9,11,13H,6-7H2,1-2H3. The number of benzene rings is 1. The van der Waals surface area contributed by atoms with E-state index in [2.05, 4.69) is 24.4 Å². The SMILES string of the molecule is COc1cccc(C(C)NC2CC2)c1. The predicted octanol–water partition coefficient (Wildman–Crippen LogP) is 2.51. The average Bonchev–Trinajstić information content (AvgIpc) is 3.02. The van der Waals surface area contributed by atoms with Crippen molar-refractivity contribution in [2.75, 3.05) is 7.11 Å². The normalized spacial score (nSPS) is 17.9. The molecular formula is C12H17NO. The van der Waals surface area contributed by atoms with Crippen LogP contribution in [0, 0.1) is 0 Å². The fraction of sp³-hybridized carbons (Fsp3) is 0.500. The van der Waals surface area contributed by atoms with Crippen molar-refractivity contribution >= 4 is 0 Å². The molecule has 1 aromatic carbocycles. The van der Waals surface area contributed by atoms with Gasteiger partial charge in [-0.3, -0.25) is 0 Å². The van der Waals surface area contributed by atoms with Gasteiger partial charge in [-0.05, 0) is 37.5 Å². The molecular weight excluding hydrogens is 174 g/mol. The number of nitrogens with one attached hydrogen (secondary N) is 1. The van der Waals surface area contributed by atoms with Gasteiger partial charge in [-0.1, -0.05) is 12.1 Å². The van der Waals surface area contributed by atoms with E-state index >= 15 is 0 Å². The highest BCUT2D eigenvalue weighted by molar-refractivity contribution is 5.30. The summed E-state index contributed by atoms with van der Waals surface area (Å²) < 4.78 is 5.20. The minimum Gasteiger partial charge on any atom is -0.497 e. The molecule has 0 radical (unpaired) electrons. The van der Waals surface area contributed by atoms with E-state index in [1.165, 1.54) is 18.4 Å². The third-order valence-corrected chi connectivity index (χ3v) is 2.66. The zero-order chi connectivity index (χ0) is 9.97. The Hall–Kier alpha value is -1.02. The van der Waals surface area contributed by atoms with Crippen LogP contribution in [0.1, 0.15) is 31.4 Å². The van der Waals surface area contributed by atoms with Gasteiger partial charge in [0.25, 0.3) is 0 Å². The van der Waals surface area contributed by atoms with Crippen molar-refractivity contribution in [2.45, 2.75) is 31.8 Å². The van der Waals surface area contributed by atoms with Gasteiger partial charge in [-0.25, -0.2) is 0 Å². The highest BCUT2D eigenvalue weighted by Crippen LogP contribution is 2.25. The van der Waals surface area contributed by atoms with E-state index in [0.29, 0.717) is 6.04 Å². The van der Waals surface area contributed by atoms with E-state index in [9.17, 15) is 0 Å². The van der Waals surface area contributed by atoms with Crippen LogP contribution >= 0.6 is 0 Å². The van der Waals surface area contributed by atoms with Gasteiger partial charge in [0.1, 0.15) is 5.75 Å². The van der Waals surface area contributed by atoms with Crippen molar-refractivity contribution in [2.24, 2.45) is 0 Å². The molecule has 2 heteroatoms. The Balaban J connectivity index is 2.05. The first-order valence-electron chi connectivity index (χ1n) is 5.19. The van der Waals surface area contributed by atoms with Gasteiger partial charge in [0, 0.05) is 12.1 Å². The third kappa shape index (κ3) is 2.26. The number of rotatable bonds is 4. The average molecular weight is 191 g/mol. The van der Waals surface area contributed by atoms with Gasteiger partial charge in [0.15, 0.2) is 0 Å². The lowest BCUT2D eigenvalue weighted by atomic mass is 10.1. The summed E-state index contributed by atoms with van der Waals surface area (Å²) in [6.07, 6.45) is 2.66. The summed E-state index contributed by atoms with van der Waals surface area (Å²) in [5, 5.41) is 3.57. The van der Waals surface area contributed by atoms with Crippen LogP contribution in [0.5, 0.6) is 5.75 Å². The maximum absolute atomic E-state index is 5.20. The summed E-state index contributed by atoms with van der Waals surface area (Å²) in [4.78, 5) is 0. The van der Waals surface area contributed by atoms with Crippen LogP contribution in [0.15, 0.2) is 24.3 Å². The number of hydrogen-bond donors (Lipinski definition) is 1. The third-order valence-electron chi connectivity index (χ3n) is 2.66. The Morgan fingerprint density at radius 2 is 2.21 bits per heavy atom. The van der Waals surface area contributed by atoms with Crippen LogP contribution in [-0.2, 0) is 0 Å². The second kappa shape index (κ2) is 4.01. The second-order valence-corrected chi connectivity index (χ2v) is 3.94. The summed E-state index contributed by atoms with van der Waals surface area (Å²) in [7, 11) is 1.71. The molecule has 1 fully saturated rings. The molecule has 1 saturated carbocycles. The first kappa shape index (κ1) is 9.53. The van der Waals surface area contributed by atoms with E-state index in [1.807, 2.05) is 12.1 Å². The summed E-state index contributed by atoms with van der Waals surface area (Å²) in [5.41, 5.74) is 1.30. The van der Waals surface area contributed by atoms with Crippen molar-refractivity contribution in [3.8, 4) is 5.75 Å². The summed E-state index contributed by atoms with van der Waals surface area (Å²) >= 11 is 0. The van der Waals surface area contributed by atoms with Crippen LogP contribution in [0.3, 0.4) is 0 Å². The highest BCUT2D eigenvalue weighted by Gasteiger charge is 2.23.